The summed E-state index contributed by atoms with van der Waals surface area (Å²) < 4.78 is 0. The Morgan fingerprint density at radius 2 is 2.07 bits per heavy atom. The fraction of sp³-hybridized carbons (Fsp3) is 1.00. The Hall–Kier alpha value is 0.210. The quantitative estimate of drug-likeness (QED) is 0.511. The monoisotopic (exact) mass is 232 g/mol. The molecule has 1 heterocycles. The Kier molecular flexibility index (Phi) is 7.41. The van der Waals surface area contributed by atoms with Crippen molar-refractivity contribution in [3.8, 4) is 0 Å². The van der Waals surface area contributed by atoms with Gasteiger partial charge in [-0.1, -0.05) is 13.3 Å². The molecular formula is C12H25ClN2. The summed E-state index contributed by atoms with van der Waals surface area (Å²) in [6.07, 6.45) is 5.17. The Bertz CT molecular complexity index is 147. The molecule has 0 aromatic carbocycles. The van der Waals surface area contributed by atoms with Gasteiger partial charge < -0.3 is 10.2 Å². The van der Waals surface area contributed by atoms with Gasteiger partial charge in [0.15, 0.2) is 0 Å². The van der Waals surface area contributed by atoms with E-state index in [1.807, 2.05) is 0 Å². The van der Waals surface area contributed by atoms with Crippen LogP contribution >= 0.6 is 11.6 Å². The molecule has 0 aromatic heterocycles. The smallest absolute Gasteiger partial charge is 0.0226 e. The van der Waals surface area contributed by atoms with Gasteiger partial charge in [-0.2, -0.15) is 0 Å². The zero-order valence-corrected chi connectivity index (χ0v) is 10.7. The predicted octanol–water partition coefficient (Wildman–Crippen LogP) is 2.33. The van der Waals surface area contributed by atoms with Gasteiger partial charge >= 0.3 is 0 Å². The summed E-state index contributed by atoms with van der Waals surface area (Å²) in [6, 6.07) is 0. The molecule has 1 unspecified atom stereocenters. The first-order valence-electron chi connectivity index (χ1n) is 6.35. The molecule has 1 aliphatic rings. The van der Waals surface area contributed by atoms with Crippen LogP contribution in [-0.4, -0.2) is 43.5 Å². The summed E-state index contributed by atoms with van der Waals surface area (Å²) >= 11 is 5.76. The fourth-order valence-electron chi connectivity index (χ4n) is 2.15. The highest BCUT2D eigenvalue weighted by atomic mass is 35.5. The summed E-state index contributed by atoms with van der Waals surface area (Å²) in [6.45, 7) is 8.35. The van der Waals surface area contributed by atoms with Crippen molar-refractivity contribution in [2.45, 2.75) is 32.6 Å². The molecule has 0 spiro atoms. The minimum atomic E-state index is 0.765. The molecule has 1 saturated heterocycles. The molecule has 0 aliphatic carbocycles. The van der Waals surface area contributed by atoms with Crippen molar-refractivity contribution in [3.05, 3.63) is 0 Å². The van der Waals surface area contributed by atoms with Crippen LogP contribution in [0.25, 0.3) is 0 Å². The van der Waals surface area contributed by atoms with Crippen LogP contribution in [0.2, 0.25) is 0 Å². The Balaban J connectivity index is 1.94. The van der Waals surface area contributed by atoms with Gasteiger partial charge in [0.1, 0.15) is 0 Å². The van der Waals surface area contributed by atoms with E-state index in [4.69, 9.17) is 11.6 Å². The highest BCUT2D eigenvalue weighted by Gasteiger charge is 2.10. The van der Waals surface area contributed by atoms with E-state index in [0.29, 0.717) is 0 Å². The number of rotatable bonds is 8. The van der Waals surface area contributed by atoms with Crippen LogP contribution < -0.4 is 5.32 Å². The van der Waals surface area contributed by atoms with Crippen molar-refractivity contribution < 1.29 is 0 Å². The van der Waals surface area contributed by atoms with Gasteiger partial charge in [-0.3, -0.25) is 0 Å². The van der Waals surface area contributed by atoms with Crippen LogP contribution in [0.4, 0.5) is 0 Å². The third-order valence-corrected chi connectivity index (χ3v) is 3.55. The predicted molar refractivity (Wildman–Crippen MR) is 67.7 cm³/mol. The van der Waals surface area contributed by atoms with E-state index in [0.717, 1.165) is 31.3 Å². The van der Waals surface area contributed by atoms with Crippen LogP contribution in [0, 0.1) is 5.92 Å². The molecular weight excluding hydrogens is 208 g/mol. The van der Waals surface area contributed by atoms with E-state index < -0.39 is 0 Å². The average molecular weight is 233 g/mol. The van der Waals surface area contributed by atoms with E-state index in [1.54, 1.807) is 0 Å². The second-order valence-corrected chi connectivity index (χ2v) is 4.88. The molecule has 1 aliphatic heterocycles. The SMILES string of the molecule is CCC(CCCl)CNCCN1CCCC1. The van der Waals surface area contributed by atoms with E-state index in [-0.39, 0.29) is 0 Å². The molecule has 3 heteroatoms. The normalized spacial score (nSPS) is 19.6. The van der Waals surface area contributed by atoms with Crippen LogP contribution in [0.5, 0.6) is 0 Å². The van der Waals surface area contributed by atoms with Crippen LogP contribution in [0.1, 0.15) is 32.6 Å². The summed E-state index contributed by atoms with van der Waals surface area (Å²) in [5.74, 6) is 1.56. The zero-order chi connectivity index (χ0) is 10.9. The van der Waals surface area contributed by atoms with Crippen molar-refractivity contribution in [2.75, 3.05) is 38.6 Å². The number of hydrogen-bond donors (Lipinski definition) is 1. The standard InChI is InChI=1S/C12H25ClN2/c1-2-12(5-6-13)11-14-7-10-15-8-3-4-9-15/h12,14H,2-11H2,1H3. The maximum Gasteiger partial charge on any atom is 0.0226 e. The number of halogens is 1. The summed E-state index contributed by atoms with van der Waals surface area (Å²) in [5.41, 5.74) is 0. The van der Waals surface area contributed by atoms with Crippen molar-refractivity contribution in [1.82, 2.24) is 10.2 Å². The van der Waals surface area contributed by atoms with E-state index in [1.165, 1.54) is 38.9 Å². The highest BCUT2D eigenvalue weighted by molar-refractivity contribution is 6.17. The molecule has 0 aromatic rings. The first-order chi connectivity index (χ1) is 7.36. The summed E-state index contributed by atoms with van der Waals surface area (Å²) in [7, 11) is 0. The second-order valence-electron chi connectivity index (χ2n) is 4.50. The molecule has 1 rings (SSSR count). The number of nitrogens with zero attached hydrogens (tertiary/aromatic N) is 1. The maximum atomic E-state index is 5.76. The van der Waals surface area contributed by atoms with E-state index in [9.17, 15) is 0 Å². The van der Waals surface area contributed by atoms with Gasteiger partial charge in [0, 0.05) is 19.0 Å². The lowest BCUT2D eigenvalue weighted by Crippen LogP contribution is -2.32. The van der Waals surface area contributed by atoms with Crippen LogP contribution in [0.3, 0.4) is 0 Å². The molecule has 1 N–H and O–H groups in total. The number of hydrogen-bond acceptors (Lipinski definition) is 2. The lowest BCUT2D eigenvalue weighted by atomic mass is 10.0. The average Bonchev–Trinajstić information content (AvgIpc) is 2.75. The lowest BCUT2D eigenvalue weighted by Gasteiger charge is -2.17. The van der Waals surface area contributed by atoms with Gasteiger partial charge in [0.05, 0.1) is 0 Å². The summed E-state index contributed by atoms with van der Waals surface area (Å²) in [5, 5.41) is 3.55. The third kappa shape index (κ3) is 5.74. The molecule has 0 bridgehead atoms. The van der Waals surface area contributed by atoms with Crippen molar-refractivity contribution in [3.63, 3.8) is 0 Å². The topological polar surface area (TPSA) is 15.3 Å². The number of nitrogens with one attached hydrogen (secondary N) is 1. The molecule has 0 saturated carbocycles. The fourth-order valence-corrected chi connectivity index (χ4v) is 2.46. The van der Waals surface area contributed by atoms with Gasteiger partial charge in [-0.05, 0) is 44.8 Å². The van der Waals surface area contributed by atoms with Gasteiger partial charge in [-0.25, -0.2) is 0 Å². The largest absolute Gasteiger partial charge is 0.315 e. The minimum Gasteiger partial charge on any atom is -0.315 e. The van der Waals surface area contributed by atoms with Crippen LogP contribution in [0.15, 0.2) is 0 Å². The third-order valence-electron chi connectivity index (χ3n) is 3.33. The van der Waals surface area contributed by atoms with Crippen LogP contribution in [-0.2, 0) is 0 Å². The Labute approximate surface area is 99.4 Å². The zero-order valence-electron chi connectivity index (χ0n) is 9.97. The number of alkyl halides is 1. The Morgan fingerprint density at radius 1 is 1.33 bits per heavy atom. The van der Waals surface area contributed by atoms with Crippen molar-refractivity contribution >= 4 is 11.6 Å². The highest BCUT2D eigenvalue weighted by Crippen LogP contribution is 2.08. The van der Waals surface area contributed by atoms with Gasteiger partial charge in [0.2, 0.25) is 0 Å². The first-order valence-corrected chi connectivity index (χ1v) is 6.89. The molecule has 1 fully saturated rings. The van der Waals surface area contributed by atoms with E-state index >= 15 is 0 Å². The second kappa shape index (κ2) is 8.37. The molecule has 15 heavy (non-hydrogen) atoms. The van der Waals surface area contributed by atoms with Crippen molar-refractivity contribution in [2.24, 2.45) is 5.92 Å². The molecule has 2 nitrogen and oxygen atoms in total. The number of likely N-dealkylation sites (tertiary alicyclic amines) is 1. The molecule has 0 amide bonds. The van der Waals surface area contributed by atoms with Gasteiger partial charge in [-0.15, -0.1) is 11.6 Å². The molecule has 0 radical (unpaired) electrons. The van der Waals surface area contributed by atoms with Gasteiger partial charge in [0.25, 0.3) is 0 Å². The minimum absolute atomic E-state index is 0.765. The molecule has 90 valence electrons. The van der Waals surface area contributed by atoms with E-state index in [2.05, 4.69) is 17.1 Å². The Morgan fingerprint density at radius 3 is 2.67 bits per heavy atom. The first kappa shape index (κ1) is 13.3. The summed E-state index contributed by atoms with van der Waals surface area (Å²) in [4.78, 5) is 2.55. The van der Waals surface area contributed by atoms with Crippen molar-refractivity contribution in [1.29, 1.82) is 0 Å². The maximum absolute atomic E-state index is 5.76. The molecule has 1 atom stereocenters. The lowest BCUT2D eigenvalue weighted by molar-refractivity contribution is 0.328.